The van der Waals surface area contributed by atoms with E-state index in [4.69, 9.17) is 9.15 Å². The average molecular weight is 564 g/mol. The highest BCUT2D eigenvalue weighted by molar-refractivity contribution is 5.94. The quantitative estimate of drug-likeness (QED) is 0.225. The summed E-state index contributed by atoms with van der Waals surface area (Å²) in [5, 5.41) is 3.14. The van der Waals surface area contributed by atoms with Gasteiger partial charge >= 0.3 is 0 Å². The van der Waals surface area contributed by atoms with E-state index in [9.17, 15) is 4.79 Å². The summed E-state index contributed by atoms with van der Waals surface area (Å²) in [6, 6.07) is 33.2. The smallest absolute Gasteiger partial charge is 0.251 e. The molecule has 2 saturated heterocycles. The summed E-state index contributed by atoms with van der Waals surface area (Å²) in [6.07, 6.45) is 6.15. The molecule has 3 aromatic carbocycles. The summed E-state index contributed by atoms with van der Waals surface area (Å²) < 4.78 is 12.1. The predicted octanol–water partition coefficient (Wildman–Crippen LogP) is 6.52. The molecule has 42 heavy (non-hydrogen) atoms. The Bertz CT molecular complexity index is 1340. The number of ether oxygens (including phenoxy) is 1. The lowest BCUT2D eigenvalue weighted by Gasteiger charge is -2.34. The number of nitrogens with zero attached hydrogens (tertiary/aromatic N) is 2. The van der Waals surface area contributed by atoms with Crippen LogP contribution in [0.1, 0.15) is 64.9 Å². The van der Waals surface area contributed by atoms with Crippen LogP contribution in [0.4, 0.5) is 0 Å². The summed E-state index contributed by atoms with van der Waals surface area (Å²) in [7, 11) is 0. The normalized spacial score (nSPS) is 17.4. The number of rotatable bonds is 11. The number of hydrogen-bond acceptors (Lipinski definition) is 5. The first kappa shape index (κ1) is 28.3. The van der Waals surface area contributed by atoms with E-state index in [1.807, 2.05) is 36.4 Å². The summed E-state index contributed by atoms with van der Waals surface area (Å²) >= 11 is 0. The second-order valence-electron chi connectivity index (χ2n) is 11.5. The first-order valence-electron chi connectivity index (χ1n) is 15.4. The van der Waals surface area contributed by atoms with Crippen LogP contribution in [0.15, 0.2) is 108 Å². The van der Waals surface area contributed by atoms with Crippen LogP contribution in [-0.2, 0) is 0 Å². The third kappa shape index (κ3) is 7.12. The van der Waals surface area contributed by atoms with Crippen LogP contribution in [0.3, 0.4) is 0 Å². The Labute approximate surface area is 249 Å². The molecule has 1 amide bonds. The molecule has 1 N–H and O–H groups in total. The molecule has 0 spiro atoms. The van der Waals surface area contributed by atoms with Crippen molar-refractivity contribution in [3.05, 3.63) is 126 Å². The highest BCUT2D eigenvalue weighted by atomic mass is 16.5. The summed E-state index contributed by atoms with van der Waals surface area (Å²) in [5.74, 6) is 1.92. The number of carbonyl (C=O) groups excluding carboxylic acids is 1. The molecule has 6 rings (SSSR count). The van der Waals surface area contributed by atoms with Crippen molar-refractivity contribution in [3.8, 4) is 5.75 Å². The largest absolute Gasteiger partial charge is 0.490 e. The van der Waals surface area contributed by atoms with E-state index in [1.54, 1.807) is 6.26 Å². The van der Waals surface area contributed by atoms with Gasteiger partial charge in [0.25, 0.3) is 5.91 Å². The maximum Gasteiger partial charge on any atom is 0.251 e. The molecule has 2 aliphatic rings. The molecule has 0 saturated carbocycles. The molecule has 2 fully saturated rings. The lowest BCUT2D eigenvalue weighted by Crippen LogP contribution is -2.40. The monoisotopic (exact) mass is 563 g/mol. The zero-order valence-electron chi connectivity index (χ0n) is 24.2. The van der Waals surface area contributed by atoms with Gasteiger partial charge < -0.3 is 19.4 Å². The van der Waals surface area contributed by atoms with E-state index in [2.05, 4.69) is 75.8 Å². The lowest BCUT2D eigenvalue weighted by molar-refractivity contribution is 0.0925. The molecule has 1 atom stereocenters. The number of piperidine rings is 1. The molecular formula is C36H41N3O3. The van der Waals surface area contributed by atoms with Crippen molar-refractivity contribution in [1.29, 1.82) is 0 Å². The maximum atomic E-state index is 13.1. The summed E-state index contributed by atoms with van der Waals surface area (Å²) in [5.41, 5.74) is 3.33. The van der Waals surface area contributed by atoms with E-state index in [1.165, 1.54) is 24.0 Å². The molecule has 1 unspecified atom stereocenters. The third-order valence-electron chi connectivity index (χ3n) is 8.69. The Morgan fingerprint density at radius 1 is 0.833 bits per heavy atom. The van der Waals surface area contributed by atoms with Crippen molar-refractivity contribution in [2.24, 2.45) is 0 Å². The SMILES string of the molecule is O=C(NCC(c1ccco1)N1CCCC1)c1cccc(OC2CCN(CC(c3ccccc3)c3ccccc3)CC2)c1. The highest BCUT2D eigenvalue weighted by Crippen LogP contribution is 2.28. The molecule has 0 aliphatic carbocycles. The van der Waals surface area contributed by atoms with Crippen molar-refractivity contribution in [2.75, 3.05) is 39.3 Å². The van der Waals surface area contributed by atoms with Crippen LogP contribution >= 0.6 is 0 Å². The fraction of sp³-hybridized carbons (Fsp3) is 0.361. The second-order valence-corrected chi connectivity index (χ2v) is 11.5. The van der Waals surface area contributed by atoms with Gasteiger partial charge in [0, 0.05) is 37.7 Å². The number of hydrogen-bond donors (Lipinski definition) is 1. The Kier molecular flexibility index (Phi) is 9.33. The first-order valence-corrected chi connectivity index (χ1v) is 15.4. The van der Waals surface area contributed by atoms with E-state index in [-0.39, 0.29) is 18.1 Å². The molecule has 0 bridgehead atoms. The highest BCUT2D eigenvalue weighted by Gasteiger charge is 2.27. The lowest BCUT2D eigenvalue weighted by atomic mass is 9.90. The second kappa shape index (κ2) is 13.9. The molecule has 0 radical (unpaired) electrons. The fourth-order valence-corrected chi connectivity index (χ4v) is 6.38. The molecule has 6 heteroatoms. The Hall–Kier alpha value is -3.87. The van der Waals surface area contributed by atoms with Crippen molar-refractivity contribution < 1.29 is 13.9 Å². The van der Waals surface area contributed by atoms with E-state index < -0.39 is 0 Å². The molecular weight excluding hydrogens is 522 g/mol. The van der Waals surface area contributed by atoms with Gasteiger partial charge in [-0.1, -0.05) is 66.7 Å². The minimum Gasteiger partial charge on any atom is -0.490 e. The third-order valence-corrected chi connectivity index (χ3v) is 8.69. The van der Waals surface area contributed by atoms with Gasteiger partial charge in [0.05, 0.1) is 12.3 Å². The molecule has 2 aliphatic heterocycles. The van der Waals surface area contributed by atoms with Gasteiger partial charge in [-0.2, -0.15) is 0 Å². The van der Waals surface area contributed by atoms with Gasteiger partial charge in [0.2, 0.25) is 0 Å². The average Bonchev–Trinajstić information content (AvgIpc) is 3.78. The maximum absolute atomic E-state index is 13.1. The number of nitrogens with one attached hydrogen (secondary N) is 1. The topological polar surface area (TPSA) is 58.0 Å². The number of benzene rings is 3. The minimum absolute atomic E-state index is 0.0550. The summed E-state index contributed by atoms with van der Waals surface area (Å²) in [4.78, 5) is 18.1. The number of carbonyl (C=O) groups is 1. The Balaban J connectivity index is 1.02. The van der Waals surface area contributed by atoms with Gasteiger partial charge in [-0.15, -0.1) is 0 Å². The Morgan fingerprint density at radius 2 is 1.52 bits per heavy atom. The molecule has 4 aromatic rings. The van der Waals surface area contributed by atoms with Gasteiger partial charge in [0.15, 0.2) is 0 Å². The molecule has 218 valence electrons. The molecule has 6 nitrogen and oxygen atoms in total. The van der Waals surface area contributed by atoms with Crippen molar-refractivity contribution in [3.63, 3.8) is 0 Å². The predicted molar refractivity (Wildman–Crippen MR) is 166 cm³/mol. The van der Waals surface area contributed by atoms with Crippen molar-refractivity contribution in [1.82, 2.24) is 15.1 Å². The number of furan rings is 1. The van der Waals surface area contributed by atoms with Crippen molar-refractivity contribution in [2.45, 2.75) is 43.7 Å². The van der Waals surface area contributed by atoms with Gasteiger partial charge in [-0.05, 0) is 80.2 Å². The standard InChI is InChI=1S/C36H41N3O3/c40-36(37-26-34(35-17-10-24-41-35)39-20-7-8-21-39)30-15-9-16-32(25-30)42-31-18-22-38(23-19-31)27-33(28-11-3-1-4-12-28)29-13-5-2-6-14-29/h1-6,9-17,24-25,31,33-34H,7-8,18-23,26-27H2,(H,37,40). The van der Waals surface area contributed by atoms with Crippen molar-refractivity contribution >= 4 is 5.91 Å². The van der Waals surface area contributed by atoms with Crippen LogP contribution in [0, 0.1) is 0 Å². The minimum atomic E-state index is -0.0844. The van der Waals surface area contributed by atoms with Crippen LogP contribution in [0.5, 0.6) is 5.75 Å². The van der Waals surface area contributed by atoms with E-state index >= 15 is 0 Å². The number of amides is 1. The summed E-state index contributed by atoms with van der Waals surface area (Å²) in [6.45, 7) is 5.55. The van der Waals surface area contributed by atoms with Crippen LogP contribution < -0.4 is 10.1 Å². The fourth-order valence-electron chi connectivity index (χ4n) is 6.38. The first-order chi connectivity index (χ1) is 20.7. The van der Waals surface area contributed by atoms with Gasteiger partial charge in [-0.25, -0.2) is 0 Å². The number of likely N-dealkylation sites (tertiary alicyclic amines) is 2. The van der Waals surface area contributed by atoms with E-state index in [0.29, 0.717) is 18.0 Å². The van der Waals surface area contributed by atoms with Gasteiger partial charge in [-0.3, -0.25) is 9.69 Å². The molecule has 3 heterocycles. The van der Waals surface area contributed by atoms with Crippen LogP contribution in [0.25, 0.3) is 0 Å². The van der Waals surface area contributed by atoms with Gasteiger partial charge in [0.1, 0.15) is 17.6 Å². The zero-order valence-corrected chi connectivity index (χ0v) is 24.2. The molecule has 1 aromatic heterocycles. The van der Waals surface area contributed by atoms with Crippen LogP contribution in [-0.4, -0.2) is 61.1 Å². The Morgan fingerprint density at radius 3 is 2.17 bits per heavy atom. The zero-order chi connectivity index (χ0) is 28.6. The van der Waals surface area contributed by atoms with Crippen LogP contribution in [0.2, 0.25) is 0 Å². The van der Waals surface area contributed by atoms with E-state index in [0.717, 1.165) is 57.1 Å².